The number of hydrogen-bond donors (Lipinski definition) is 2. The average Bonchev–Trinajstić information content (AvgIpc) is 2.52. The van der Waals surface area contributed by atoms with E-state index in [1.807, 2.05) is 6.92 Å². The molecular formula is C14H19N3O4. The van der Waals surface area contributed by atoms with E-state index in [-0.39, 0.29) is 0 Å². The molecule has 0 saturated carbocycles. The van der Waals surface area contributed by atoms with Gasteiger partial charge in [0.25, 0.3) is 0 Å². The Morgan fingerprint density at radius 2 is 2.05 bits per heavy atom. The molecule has 0 saturated heterocycles. The quantitative estimate of drug-likeness (QED) is 0.458. The van der Waals surface area contributed by atoms with E-state index in [9.17, 15) is 9.59 Å². The summed E-state index contributed by atoms with van der Waals surface area (Å²) in [5.41, 5.74) is 2.82. The predicted octanol–water partition coefficient (Wildman–Crippen LogP) is 0.680. The normalized spacial score (nSPS) is 10.2. The standard InChI is InChI=1S/C14H19N3O4/c1-4-7-21-11-6-5-10(8-12(11)20-3)9-16-17-14(19)13(18)15-2/h5-6,8-9H,4,7H2,1-3H3,(H,15,18)(H,17,19)/b16-9-. The van der Waals surface area contributed by atoms with Gasteiger partial charge in [-0.2, -0.15) is 5.10 Å². The second-order valence-corrected chi connectivity index (χ2v) is 4.04. The maximum Gasteiger partial charge on any atom is 0.329 e. The highest BCUT2D eigenvalue weighted by Gasteiger charge is 2.09. The van der Waals surface area contributed by atoms with E-state index >= 15 is 0 Å². The molecule has 0 aliphatic rings. The first-order valence-electron chi connectivity index (χ1n) is 6.48. The van der Waals surface area contributed by atoms with E-state index in [2.05, 4.69) is 15.8 Å². The Hall–Kier alpha value is -2.57. The number of amides is 2. The minimum atomic E-state index is -0.830. The van der Waals surface area contributed by atoms with Crippen LogP contribution in [0.3, 0.4) is 0 Å². The van der Waals surface area contributed by atoms with E-state index < -0.39 is 11.8 Å². The lowest BCUT2D eigenvalue weighted by atomic mass is 10.2. The molecule has 7 heteroatoms. The SMILES string of the molecule is CCCOc1ccc(/C=N\NC(=O)C(=O)NC)cc1OC. The van der Waals surface area contributed by atoms with Crippen molar-refractivity contribution in [2.24, 2.45) is 5.10 Å². The maximum atomic E-state index is 11.2. The zero-order valence-electron chi connectivity index (χ0n) is 12.3. The second kappa shape index (κ2) is 8.57. The molecule has 0 aliphatic heterocycles. The zero-order valence-corrected chi connectivity index (χ0v) is 12.3. The fourth-order valence-electron chi connectivity index (χ4n) is 1.43. The lowest BCUT2D eigenvalue weighted by molar-refractivity contribution is -0.138. The van der Waals surface area contributed by atoms with Crippen LogP contribution in [-0.2, 0) is 9.59 Å². The molecule has 0 aliphatic carbocycles. The molecule has 1 aromatic rings. The van der Waals surface area contributed by atoms with Gasteiger partial charge in [0.2, 0.25) is 0 Å². The fraction of sp³-hybridized carbons (Fsp3) is 0.357. The van der Waals surface area contributed by atoms with Crippen LogP contribution in [0.25, 0.3) is 0 Å². The minimum Gasteiger partial charge on any atom is -0.493 e. The third-order valence-electron chi connectivity index (χ3n) is 2.46. The highest BCUT2D eigenvalue weighted by atomic mass is 16.5. The van der Waals surface area contributed by atoms with Crippen molar-refractivity contribution in [3.63, 3.8) is 0 Å². The Kier molecular flexibility index (Phi) is 6.73. The van der Waals surface area contributed by atoms with Gasteiger partial charge in [-0.3, -0.25) is 9.59 Å². The molecule has 21 heavy (non-hydrogen) atoms. The molecule has 0 bridgehead atoms. The Balaban J connectivity index is 2.71. The zero-order chi connectivity index (χ0) is 15.7. The van der Waals surface area contributed by atoms with E-state index in [0.717, 1.165) is 6.42 Å². The molecule has 0 unspecified atom stereocenters. The Bertz CT molecular complexity index is 529. The van der Waals surface area contributed by atoms with Crippen molar-refractivity contribution < 1.29 is 19.1 Å². The highest BCUT2D eigenvalue weighted by Crippen LogP contribution is 2.27. The van der Waals surface area contributed by atoms with Crippen LogP contribution in [0.1, 0.15) is 18.9 Å². The number of hydrazone groups is 1. The summed E-state index contributed by atoms with van der Waals surface area (Å²) >= 11 is 0. The van der Waals surface area contributed by atoms with E-state index in [1.54, 1.807) is 25.3 Å². The summed E-state index contributed by atoms with van der Waals surface area (Å²) in [5, 5.41) is 5.89. The smallest absolute Gasteiger partial charge is 0.329 e. The molecule has 0 radical (unpaired) electrons. The third-order valence-corrected chi connectivity index (χ3v) is 2.46. The number of carbonyl (C=O) groups excluding carboxylic acids is 2. The lowest BCUT2D eigenvalue weighted by Gasteiger charge is -2.10. The third kappa shape index (κ3) is 5.13. The lowest BCUT2D eigenvalue weighted by Crippen LogP contribution is -2.35. The van der Waals surface area contributed by atoms with Crippen molar-refractivity contribution in [1.82, 2.24) is 10.7 Å². The number of nitrogens with one attached hydrogen (secondary N) is 2. The number of nitrogens with zero attached hydrogens (tertiary/aromatic N) is 1. The predicted molar refractivity (Wildman–Crippen MR) is 78.6 cm³/mol. The molecule has 0 aromatic heterocycles. The summed E-state index contributed by atoms with van der Waals surface area (Å²) in [6, 6.07) is 5.25. The molecule has 0 fully saturated rings. The van der Waals surface area contributed by atoms with Crippen molar-refractivity contribution in [2.45, 2.75) is 13.3 Å². The summed E-state index contributed by atoms with van der Waals surface area (Å²) in [5.74, 6) is -0.368. The van der Waals surface area contributed by atoms with Gasteiger partial charge in [0, 0.05) is 7.05 Å². The Labute approximate surface area is 123 Å². The largest absolute Gasteiger partial charge is 0.493 e. The first kappa shape index (κ1) is 16.5. The molecule has 2 amide bonds. The molecule has 2 N–H and O–H groups in total. The van der Waals surface area contributed by atoms with Crippen molar-refractivity contribution in [3.8, 4) is 11.5 Å². The van der Waals surface area contributed by atoms with Crippen LogP contribution in [0, 0.1) is 0 Å². The van der Waals surface area contributed by atoms with Crippen LogP contribution in [0.2, 0.25) is 0 Å². The Morgan fingerprint density at radius 1 is 1.29 bits per heavy atom. The van der Waals surface area contributed by atoms with Gasteiger partial charge in [0.15, 0.2) is 11.5 Å². The van der Waals surface area contributed by atoms with Crippen LogP contribution in [-0.4, -0.2) is 38.8 Å². The Morgan fingerprint density at radius 3 is 2.67 bits per heavy atom. The van der Waals surface area contributed by atoms with Gasteiger partial charge in [-0.15, -0.1) is 0 Å². The van der Waals surface area contributed by atoms with Crippen LogP contribution in [0.4, 0.5) is 0 Å². The van der Waals surface area contributed by atoms with Crippen LogP contribution < -0.4 is 20.2 Å². The van der Waals surface area contributed by atoms with Crippen LogP contribution in [0.15, 0.2) is 23.3 Å². The van der Waals surface area contributed by atoms with Gasteiger partial charge in [-0.25, -0.2) is 5.43 Å². The van der Waals surface area contributed by atoms with Crippen LogP contribution in [0.5, 0.6) is 11.5 Å². The molecule has 0 heterocycles. The van der Waals surface area contributed by atoms with E-state index in [4.69, 9.17) is 9.47 Å². The summed E-state index contributed by atoms with van der Waals surface area (Å²) in [6.45, 7) is 2.62. The number of rotatable bonds is 6. The monoisotopic (exact) mass is 293 g/mol. The number of methoxy groups -OCH3 is 1. The van der Waals surface area contributed by atoms with Crippen molar-refractivity contribution in [1.29, 1.82) is 0 Å². The molecule has 7 nitrogen and oxygen atoms in total. The molecule has 1 rings (SSSR count). The molecule has 0 atom stereocenters. The molecular weight excluding hydrogens is 274 g/mol. The summed E-state index contributed by atoms with van der Waals surface area (Å²) in [7, 11) is 2.91. The average molecular weight is 293 g/mol. The van der Waals surface area contributed by atoms with Gasteiger partial charge in [0.1, 0.15) is 0 Å². The number of ether oxygens (including phenoxy) is 2. The van der Waals surface area contributed by atoms with Gasteiger partial charge < -0.3 is 14.8 Å². The number of likely N-dealkylation sites (N-methyl/N-ethyl adjacent to an activating group) is 1. The van der Waals surface area contributed by atoms with Crippen molar-refractivity contribution in [2.75, 3.05) is 20.8 Å². The molecule has 1 aromatic carbocycles. The first-order chi connectivity index (χ1) is 10.1. The van der Waals surface area contributed by atoms with Crippen molar-refractivity contribution >= 4 is 18.0 Å². The fourth-order valence-corrected chi connectivity index (χ4v) is 1.43. The highest BCUT2D eigenvalue weighted by molar-refractivity contribution is 6.34. The number of benzene rings is 1. The molecule has 114 valence electrons. The van der Waals surface area contributed by atoms with Gasteiger partial charge in [0.05, 0.1) is 19.9 Å². The van der Waals surface area contributed by atoms with Crippen LogP contribution >= 0.6 is 0 Å². The van der Waals surface area contributed by atoms with E-state index in [0.29, 0.717) is 23.7 Å². The maximum absolute atomic E-state index is 11.2. The number of carbonyl (C=O) groups is 2. The second-order valence-electron chi connectivity index (χ2n) is 4.04. The van der Waals surface area contributed by atoms with E-state index in [1.165, 1.54) is 13.3 Å². The first-order valence-corrected chi connectivity index (χ1v) is 6.48. The summed E-state index contributed by atoms with van der Waals surface area (Å²) in [6.07, 6.45) is 2.31. The van der Waals surface area contributed by atoms with Gasteiger partial charge in [-0.1, -0.05) is 6.92 Å². The van der Waals surface area contributed by atoms with Gasteiger partial charge in [-0.05, 0) is 30.2 Å². The summed E-state index contributed by atoms with van der Waals surface area (Å²) in [4.78, 5) is 22.1. The van der Waals surface area contributed by atoms with Gasteiger partial charge >= 0.3 is 11.8 Å². The van der Waals surface area contributed by atoms with Crippen molar-refractivity contribution in [3.05, 3.63) is 23.8 Å². The molecule has 0 spiro atoms. The minimum absolute atomic E-state index is 0.574. The number of hydrogen-bond acceptors (Lipinski definition) is 5. The topological polar surface area (TPSA) is 89.0 Å². The summed E-state index contributed by atoms with van der Waals surface area (Å²) < 4.78 is 10.8.